The van der Waals surface area contributed by atoms with E-state index in [-0.39, 0.29) is 5.91 Å². The summed E-state index contributed by atoms with van der Waals surface area (Å²) in [5.74, 6) is 0.00588. The Morgan fingerprint density at radius 1 is 1.35 bits per heavy atom. The number of anilines is 1. The largest absolute Gasteiger partial charge is 0.302 e. The molecule has 90 valence electrons. The Morgan fingerprint density at radius 3 is 2.59 bits per heavy atom. The van der Waals surface area contributed by atoms with E-state index >= 15 is 0 Å². The van der Waals surface area contributed by atoms with Crippen LogP contribution < -0.4 is 4.90 Å². The molecular formula is C14H16ClNO. The maximum Gasteiger partial charge on any atom is 0.224 e. The van der Waals surface area contributed by atoms with Crippen LogP contribution in [0.2, 0.25) is 0 Å². The van der Waals surface area contributed by atoms with Crippen molar-refractivity contribution in [3.05, 3.63) is 34.4 Å². The van der Waals surface area contributed by atoms with Gasteiger partial charge in [0.25, 0.3) is 0 Å². The van der Waals surface area contributed by atoms with Gasteiger partial charge in [0.1, 0.15) is 0 Å². The Balaban J connectivity index is 2.69. The fourth-order valence-electron chi connectivity index (χ4n) is 2.28. The van der Waals surface area contributed by atoms with E-state index in [9.17, 15) is 4.79 Å². The van der Waals surface area contributed by atoms with E-state index in [1.807, 2.05) is 45.0 Å². The van der Waals surface area contributed by atoms with Crippen molar-refractivity contribution in [3.8, 4) is 0 Å². The summed E-state index contributed by atoms with van der Waals surface area (Å²) >= 11 is 6.29. The molecule has 1 aromatic rings. The summed E-state index contributed by atoms with van der Waals surface area (Å²) in [7, 11) is 0. The number of aryl methyl sites for hydroxylation is 1. The number of benzene rings is 1. The van der Waals surface area contributed by atoms with Gasteiger partial charge in [-0.1, -0.05) is 23.2 Å². The van der Waals surface area contributed by atoms with Crippen LogP contribution in [-0.2, 0) is 4.79 Å². The first-order valence-electron chi connectivity index (χ1n) is 5.63. The fraction of sp³-hybridized carbons (Fsp3) is 0.357. The molecule has 0 bridgehead atoms. The number of halogens is 1. The highest BCUT2D eigenvalue weighted by molar-refractivity contribution is 6.34. The molecule has 0 unspecified atom stereocenters. The van der Waals surface area contributed by atoms with Gasteiger partial charge in [0, 0.05) is 12.0 Å². The molecule has 17 heavy (non-hydrogen) atoms. The summed E-state index contributed by atoms with van der Waals surface area (Å²) < 4.78 is 0. The van der Waals surface area contributed by atoms with Gasteiger partial charge in [-0.15, -0.1) is 0 Å². The Labute approximate surface area is 107 Å². The van der Waals surface area contributed by atoms with Crippen molar-refractivity contribution < 1.29 is 4.79 Å². The van der Waals surface area contributed by atoms with Gasteiger partial charge in [-0.2, -0.15) is 0 Å². The zero-order valence-corrected chi connectivity index (χ0v) is 11.3. The minimum absolute atomic E-state index is 0.00588. The van der Waals surface area contributed by atoms with E-state index in [0.717, 1.165) is 16.8 Å². The number of hydrogen-bond acceptors (Lipinski definition) is 1. The highest BCUT2D eigenvalue weighted by atomic mass is 35.5. The summed E-state index contributed by atoms with van der Waals surface area (Å²) in [6, 6.07) is 6.04. The topological polar surface area (TPSA) is 20.3 Å². The molecule has 0 aromatic heterocycles. The SMILES string of the molecule is CC(=O)N1c2ccc(C)cc2C=C(Cl)C1(C)C. The number of rotatable bonds is 0. The molecule has 0 aliphatic carbocycles. The van der Waals surface area contributed by atoms with Gasteiger partial charge >= 0.3 is 0 Å². The van der Waals surface area contributed by atoms with Crippen LogP contribution in [0.5, 0.6) is 0 Å². The lowest BCUT2D eigenvalue weighted by molar-refractivity contribution is -0.117. The van der Waals surface area contributed by atoms with Gasteiger partial charge in [-0.05, 0) is 44.5 Å². The second-order valence-electron chi connectivity index (χ2n) is 4.97. The molecule has 2 nitrogen and oxygen atoms in total. The lowest BCUT2D eigenvalue weighted by Crippen LogP contribution is -2.49. The van der Waals surface area contributed by atoms with Gasteiger partial charge in [-0.3, -0.25) is 4.79 Å². The first-order valence-corrected chi connectivity index (χ1v) is 6.01. The molecule has 0 spiro atoms. The summed E-state index contributed by atoms with van der Waals surface area (Å²) in [5.41, 5.74) is 2.62. The number of carbonyl (C=O) groups excluding carboxylic acids is 1. The van der Waals surface area contributed by atoms with Crippen molar-refractivity contribution in [3.63, 3.8) is 0 Å². The van der Waals surface area contributed by atoms with Crippen molar-refractivity contribution >= 4 is 29.3 Å². The minimum atomic E-state index is -0.477. The van der Waals surface area contributed by atoms with Crippen LogP contribution in [0.4, 0.5) is 5.69 Å². The van der Waals surface area contributed by atoms with Crippen molar-refractivity contribution in [2.24, 2.45) is 0 Å². The van der Waals surface area contributed by atoms with E-state index in [0.29, 0.717) is 5.03 Å². The number of nitrogens with zero attached hydrogens (tertiary/aromatic N) is 1. The number of fused-ring (bicyclic) bond motifs is 1. The second kappa shape index (κ2) is 3.88. The predicted octanol–water partition coefficient (Wildman–Crippen LogP) is 3.72. The average Bonchev–Trinajstić information content (AvgIpc) is 2.19. The third-order valence-electron chi connectivity index (χ3n) is 3.16. The maximum atomic E-state index is 11.8. The lowest BCUT2D eigenvalue weighted by Gasteiger charge is -2.41. The summed E-state index contributed by atoms with van der Waals surface area (Å²) in [6.07, 6.45) is 1.95. The van der Waals surface area contributed by atoms with Gasteiger partial charge in [0.15, 0.2) is 0 Å². The molecule has 0 atom stereocenters. The Kier molecular flexibility index (Phi) is 2.78. The van der Waals surface area contributed by atoms with E-state index in [1.165, 1.54) is 0 Å². The van der Waals surface area contributed by atoms with Crippen LogP contribution in [0.15, 0.2) is 23.2 Å². The molecule has 1 amide bonds. The Bertz CT molecular complexity index is 517. The standard InChI is InChI=1S/C14H16ClNO/c1-9-5-6-12-11(7-9)8-13(15)14(3,4)16(12)10(2)17/h5-8H,1-4H3. The normalized spacial score (nSPS) is 17.5. The van der Waals surface area contributed by atoms with Crippen molar-refractivity contribution in [1.29, 1.82) is 0 Å². The monoisotopic (exact) mass is 249 g/mol. The molecule has 0 N–H and O–H groups in total. The number of hydrogen-bond donors (Lipinski definition) is 0. The quantitative estimate of drug-likeness (QED) is 0.686. The van der Waals surface area contributed by atoms with Crippen LogP contribution in [0.1, 0.15) is 31.9 Å². The van der Waals surface area contributed by atoms with Crippen molar-refractivity contribution in [1.82, 2.24) is 0 Å². The first-order chi connectivity index (χ1) is 7.84. The number of amides is 1. The number of carbonyl (C=O) groups is 1. The highest BCUT2D eigenvalue weighted by Crippen LogP contribution is 2.40. The van der Waals surface area contributed by atoms with Gasteiger partial charge < -0.3 is 4.90 Å². The van der Waals surface area contributed by atoms with Crippen LogP contribution in [0.25, 0.3) is 6.08 Å². The molecule has 1 heterocycles. The lowest BCUT2D eigenvalue weighted by atomic mass is 9.92. The summed E-state index contributed by atoms with van der Waals surface area (Å²) in [6.45, 7) is 7.51. The van der Waals surface area contributed by atoms with E-state index in [4.69, 9.17) is 11.6 Å². The molecule has 0 radical (unpaired) electrons. The second-order valence-corrected chi connectivity index (χ2v) is 5.38. The zero-order chi connectivity index (χ0) is 12.8. The van der Waals surface area contributed by atoms with Gasteiger partial charge in [-0.25, -0.2) is 0 Å². The third-order valence-corrected chi connectivity index (χ3v) is 3.74. The van der Waals surface area contributed by atoms with Gasteiger partial charge in [0.05, 0.1) is 11.2 Å². The zero-order valence-electron chi connectivity index (χ0n) is 10.5. The summed E-state index contributed by atoms with van der Waals surface area (Å²) in [5, 5.41) is 0.686. The summed E-state index contributed by atoms with van der Waals surface area (Å²) in [4.78, 5) is 13.6. The minimum Gasteiger partial charge on any atom is -0.302 e. The smallest absolute Gasteiger partial charge is 0.224 e. The van der Waals surface area contributed by atoms with Gasteiger partial charge in [0.2, 0.25) is 5.91 Å². The highest BCUT2D eigenvalue weighted by Gasteiger charge is 2.37. The molecule has 2 rings (SSSR count). The average molecular weight is 250 g/mol. The molecule has 1 aliphatic heterocycles. The van der Waals surface area contributed by atoms with Crippen molar-refractivity contribution in [2.45, 2.75) is 33.2 Å². The van der Waals surface area contributed by atoms with Crippen LogP contribution in [-0.4, -0.2) is 11.4 Å². The molecule has 0 saturated carbocycles. The molecule has 1 aliphatic rings. The van der Waals surface area contributed by atoms with E-state index in [2.05, 4.69) is 0 Å². The third kappa shape index (κ3) is 1.87. The molecule has 0 saturated heterocycles. The van der Waals surface area contributed by atoms with Crippen LogP contribution in [0.3, 0.4) is 0 Å². The van der Waals surface area contributed by atoms with Crippen LogP contribution >= 0.6 is 11.6 Å². The fourth-order valence-corrected chi connectivity index (χ4v) is 2.48. The predicted molar refractivity (Wildman–Crippen MR) is 72.2 cm³/mol. The first kappa shape index (κ1) is 12.2. The van der Waals surface area contributed by atoms with E-state index in [1.54, 1.807) is 11.8 Å². The van der Waals surface area contributed by atoms with Crippen LogP contribution in [0, 0.1) is 6.92 Å². The Morgan fingerprint density at radius 2 is 2.00 bits per heavy atom. The van der Waals surface area contributed by atoms with Crippen molar-refractivity contribution in [2.75, 3.05) is 4.90 Å². The Hall–Kier alpha value is -1.28. The van der Waals surface area contributed by atoms with E-state index < -0.39 is 5.54 Å². The molecule has 3 heteroatoms. The molecule has 1 aromatic carbocycles. The molecular weight excluding hydrogens is 234 g/mol. The maximum absolute atomic E-state index is 11.8. The molecule has 0 fully saturated rings.